The van der Waals surface area contributed by atoms with Crippen molar-refractivity contribution in [3.63, 3.8) is 0 Å². The number of aromatic nitrogens is 1. The molecule has 3 rings (SSSR count). The largest absolute Gasteiger partial charge is 0.366 e. The minimum Gasteiger partial charge on any atom is -0.366 e. The van der Waals surface area contributed by atoms with E-state index in [2.05, 4.69) is 15.6 Å². The molecule has 2 aromatic carbocycles. The summed E-state index contributed by atoms with van der Waals surface area (Å²) in [4.78, 5) is 16.7. The average Bonchev–Trinajstić information content (AvgIpc) is 2.64. The van der Waals surface area contributed by atoms with Gasteiger partial charge in [0.1, 0.15) is 11.6 Å². The minimum absolute atomic E-state index is 0.234. The molecule has 0 aliphatic heterocycles. The number of aryl methyl sites for hydroxylation is 1. The van der Waals surface area contributed by atoms with Gasteiger partial charge in [0.05, 0.1) is 0 Å². The first kappa shape index (κ1) is 17.9. The molecule has 6 heteroatoms. The van der Waals surface area contributed by atoms with E-state index < -0.39 is 0 Å². The van der Waals surface area contributed by atoms with Crippen LogP contribution in [0, 0.1) is 12.7 Å². The minimum atomic E-state index is -0.275. The third-order valence-electron chi connectivity index (χ3n) is 3.85. The SMILES string of the molecule is Cc1cc(Cl)ccc1NC(=O)c1ccnc(NCc2ccc(F)cc2)c1. The van der Waals surface area contributed by atoms with E-state index >= 15 is 0 Å². The predicted octanol–water partition coefficient (Wildman–Crippen LogP) is 5.05. The lowest BCUT2D eigenvalue weighted by Crippen LogP contribution is -2.13. The molecule has 0 spiro atoms. The first-order valence-corrected chi connectivity index (χ1v) is 8.41. The van der Waals surface area contributed by atoms with E-state index in [-0.39, 0.29) is 11.7 Å². The molecule has 3 aromatic rings. The Morgan fingerprint density at radius 1 is 1.12 bits per heavy atom. The molecular weight excluding hydrogens is 353 g/mol. The summed E-state index contributed by atoms with van der Waals surface area (Å²) in [6, 6.07) is 14.8. The second-order valence-corrected chi connectivity index (χ2v) is 6.26. The number of pyridine rings is 1. The van der Waals surface area contributed by atoms with E-state index in [0.29, 0.717) is 28.6 Å². The molecule has 1 heterocycles. The fourth-order valence-corrected chi connectivity index (χ4v) is 2.65. The maximum atomic E-state index is 12.9. The quantitative estimate of drug-likeness (QED) is 0.662. The molecule has 0 aliphatic rings. The van der Waals surface area contributed by atoms with Crippen LogP contribution in [0.15, 0.2) is 60.8 Å². The molecule has 2 N–H and O–H groups in total. The number of hydrogen-bond donors (Lipinski definition) is 2. The van der Waals surface area contributed by atoms with Crippen molar-refractivity contribution >= 4 is 29.0 Å². The Hall–Kier alpha value is -2.92. The van der Waals surface area contributed by atoms with E-state index in [1.165, 1.54) is 12.1 Å². The van der Waals surface area contributed by atoms with Gasteiger partial charge in [-0.15, -0.1) is 0 Å². The van der Waals surface area contributed by atoms with Gasteiger partial charge in [-0.3, -0.25) is 4.79 Å². The van der Waals surface area contributed by atoms with Crippen molar-refractivity contribution in [1.29, 1.82) is 0 Å². The average molecular weight is 370 g/mol. The van der Waals surface area contributed by atoms with Gasteiger partial charge in [-0.05, 0) is 60.5 Å². The van der Waals surface area contributed by atoms with Gasteiger partial charge >= 0.3 is 0 Å². The topological polar surface area (TPSA) is 54.0 Å². The predicted molar refractivity (Wildman–Crippen MR) is 102 cm³/mol. The van der Waals surface area contributed by atoms with Crippen molar-refractivity contribution in [2.24, 2.45) is 0 Å². The highest BCUT2D eigenvalue weighted by Crippen LogP contribution is 2.20. The highest BCUT2D eigenvalue weighted by molar-refractivity contribution is 6.30. The van der Waals surface area contributed by atoms with Crippen molar-refractivity contribution < 1.29 is 9.18 Å². The number of carbonyl (C=O) groups excluding carboxylic acids is 1. The molecule has 1 aromatic heterocycles. The Kier molecular flexibility index (Phi) is 5.49. The van der Waals surface area contributed by atoms with Crippen LogP contribution >= 0.6 is 11.6 Å². The summed E-state index contributed by atoms with van der Waals surface area (Å²) < 4.78 is 12.9. The van der Waals surface area contributed by atoms with Crippen LogP contribution in [0.25, 0.3) is 0 Å². The standard InChI is InChI=1S/C20H17ClFN3O/c1-13-10-16(21)4-7-18(13)25-20(26)15-8-9-23-19(11-15)24-12-14-2-5-17(22)6-3-14/h2-11H,12H2,1H3,(H,23,24)(H,25,26). The molecule has 132 valence electrons. The molecule has 0 saturated heterocycles. The lowest BCUT2D eigenvalue weighted by molar-refractivity contribution is 0.102. The summed E-state index contributed by atoms with van der Waals surface area (Å²) in [5, 5.41) is 6.62. The van der Waals surface area contributed by atoms with Crippen LogP contribution in [-0.2, 0) is 6.54 Å². The van der Waals surface area contributed by atoms with Crippen molar-refractivity contribution in [3.8, 4) is 0 Å². The Balaban J connectivity index is 1.67. The first-order chi connectivity index (χ1) is 12.5. The monoisotopic (exact) mass is 369 g/mol. The third-order valence-corrected chi connectivity index (χ3v) is 4.08. The zero-order valence-corrected chi connectivity index (χ0v) is 14.8. The molecule has 0 atom stereocenters. The zero-order chi connectivity index (χ0) is 18.5. The Bertz CT molecular complexity index is 929. The van der Waals surface area contributed by atoms with Crippen LogP contribution in [-0.4, -0.2) is 10.9 Å². The number of nitrogens with one attached hydrogen (secondary N) is 2. The van der Waals surface area contributed by atoms with Crippen LogP contribution in [0.4, 0.5) is 15.9 Å². The van der Waals surface area contributed by atoms with Crippen LogP contribution in [0.5, 0.6) is 0 Å². The maximum absolute atomic E-state index is 12.9. The van der Waals surface area contributed by atoms with Gasteiger partial charge in [0, 0.05) is 29.0 Å². The van der Waals surface area contributed by atoms with E-state index in [1.807, 2.05) is 6.92 Å². The Labute approximate surface area is 156 Å². The second kappa shape index (κ2) is 7.97. The number of amides is 1. The Morgan fingerprint density at radius 2 is 1.88 bits per heavy atom. The van der Waals surface area contributed by atoms with Crippen molar-refractivity contribution in [1.82, 2.24) is 4.98 Å². The summed E-state index contributed by atoms with van der Waals surface area (Å²) in [6.45, 7) is 2.36. The number of anilines is 2. The Morgan fingerprint density at radius 3 is 2.62 bits per heavy atom. The van der Waals surface area contributed by atoms with Gasteiger partial charge in [0.15, 0.2) is 0 Å². The fourth-order valence-electron chi connectivity index (χ4n) is 2.43. The molecule has 0 unspecified atom stereocenters. The summed E-state index contributed by atoms with van der Waals surface area (Å²) >= 11 is 5.94. The number of carbonyl (C=O) groups is 1. The van der Waals surface area contributed by atoms with Gasteiger partial charge in [-0.25, -0.2) is 9.37 Å². The van der Waals surface area contributed by atoms with Crippen LogP contribution in [0.1, 0.15) is 21.5 Å². The lowest BCUT2D eigenvalue weighted by atomic mass is 10.2. The van der Waals surface area contributed by atoms with Gasteiger partial charge < -0.3 is 10.6 Å². The van der Waals surface area contributed by atoms with Crippen LogP contribution in [0.3, 0.4) is 0 Å². The van der Waals surface area contributed by atoms with Crippen molar-refractivity contribution in [2.75, 3.05) is 10.6 Å². The molecule has 0 radical (unpaired) electrons. The molecule has 0 aliphatic carbocycles. The lowest BCUT2D eigenvalue weighted by Gasteiger charge is -2.10. The third kappa shape index (κ3) is 4.58. The first-order valence-electron chi connectivity index (χ1n) is 8.03. The molecular formula is C20H17ClFN3O. The van der Waals surface area contributed by atoms with E-state index in [4.69, 9.17) is 11.6 Å². The number of hydrogen-bond acceptors (Lipinski definition) is 3. The van der Waals surface area contributed by atoms with Gasteiger partial charge in [-0.2, -0.15) is 0 Å². The number of nitrogens with zero attached hydrogens (tertiary/aromatic N) is 1. The van der Waals surface area contributed by atoms with Crippen LogP contribution < -0.4 is 10.6 Å². The van der Waals surface area contributed by atoms with Crippen molar-refractivity contribution in [3.05, 3.63) is 88.3 Å². The highest BCUT2D eigenvalue weighted by Gasteiger charge is 2.09. The van der Waals surface area contributed by atoms with E-state index in [0.717, 1.165) is 11.1 Å². The smallest absolute Gasteiger partial charge is 0.255 e. The summed E-state index contributed by atoms with van der Waals surface area (Å²) in [5.41, 5.74) is 2.99. The second-order valence-electron chi connectivity index (χ2n) is 5.82. The molecule has 1 amide bonds. The van der Waals surface area contributed by atoms with Crippen LogP contribution in [0.2, 0.25) is 5.02 Å². The van der Waals surface area contributed by atoms with Gasteiger partial charge in [0.2, 0.25) is 0 Å². The van der Waals surface area contributed by atoms with Gasteiger partial charge in [-0.1, -0.05) is 23.7 Å². The zero-order valence-electron chi connectivity index (χ0n) is 14.1. The number of benzene rings is 2. The maximum Gasteiger partial charge on any atom is 0.255 e. The molecule has 0 bridgehead atoms. The van der Waals surface area contributed by atoms with Gasteiger partial charge in [0.25, 0.3) is 5.91 Å². The number of rotatable bonds is 5. The van der Waals surface area contributed by atoms with E-state index in [1.54, 1.807) is 48.7 Å². The van der Waals surface area contributed by atoms with E-state index in [9.17, 15) is 9.18 Å². The molecule has 0 fully saturated rings. The molecule has 26 heavy (non-hydrogen) atoms. The molecule has 0 saturated carbocycles. The summed E-state index contributed by atoms with van der Waals surface area (Å²) in [5.74, 6) is 0.0560. The normalized spacial score (nSPS) is 10.4. The fraction of sp³-hybridized carbons (Fsp3) is 0.100. The number of halogens is 2. The highest BCUT2D eigenvalue weighted by atomic mass is 35.5. The molecule has 4 nitrogen and oxygen atoms in total. The van der Waals surface area contributed by atoms with Crippen molar-refractivity contribution in [2.45, 2.75) is 13.5 Å². The summed E-state index contributed by atoms with van der Waals surface area (Å²) in [7, 11) is 0. The summed E-state index contributed by atoms with van der Waals surface area (Å²) in [6.07, 6.45) is 1.57.